The van der Waals surface area contributed by atoms with Crippen molar-refractivity contribution < 1.29 is 14.9 Å². The van der Waals surface area contributed by atoms with Crippen molar-refractivity contribution in [2.75, 3.05) is 6.61 Å². The zero-order chi connectivity index (χ0) is 10.4. The van der Waals surface area contributed by atoms with E-state index in [2.05, 4.69) is 11.8 Å². The van der Waals surface area contributed by atoms with E-state index in [1.54, 1.807) is 6.92 Å². The molecule has 1 heterocycles. The summed E-state index contributed by atoms with van der Waals surface area (Å²) in [7, 11) is 0. The highest BCUT2D eigenvalue weighted by Crippen LogP contribution is 2.40. The standard InChI is InChI=1S/C11H16O3/c1-10(13,8-3-4-8)5-6-11(2)9(7-12)14-11/h8-9,12-13H,3-4,7H2,1-2H3/t9-,10?,11+/m0/s1. The lowest BCUT2D eigenvalue weighted by Gasteiger charge is -2.14. The van der Waals surface area contributed by atoms with E-state index in [1.165, 1.54) is 0 Å². The van der Waals surface area contributed by atoms with Crippen LogP contribution in [0.1, 0.15) is 26.7 Å². The summed E-state index contributed by atoms with van der Waals surface area (Å²) in [5, 5.41) is 18.7. The van der Waals surface area contributed by atoms with Crippen LogP contribution in [0.4, 0.5) is 0 Å². The summed E-state index contributed by atoms with van der Waals surface area (Å²) in [6.45, 7) is 3.58. The van der Waals surface area contributed by atoms with Crippen molar-refractivity contribution in [3.05, 3.63) is 0 Å². The second kappa shape index (κ2) is 2.96. The van der Waals surface area contributed by atoms with Crippen molar-refractivity contribution in [1.29, 1.82) is 0 Å². The average molecular weight is 196 g/mol. The number of rotatable bonds is 2. The Morgan fingerprint density at radius 1 is 1.57 bits per heavy atom. The van der Waals surface area contributed by atoms with Gasteiger partial charge in [0.15, 0.2) is 5.60 Å². The Bertz CT molecular complexity index is 295. The lowest BCUT2D eigenvalue weighted by atomic mass is 9.99. The molecular formula is C11H16O3. The molecule has 3 heteroatoms. The third-order valence-electron chi connectivity index (χ3n) is 3.05. The first-order chi connectivity index (χ1) is 6.48. The Kier molecular flexibility index (Phi) is 2.11. The molecule has 1 saturated heterocycles. The lowest BCUT2D eigenvalue weighted by molar-refractivity contribution is 0.0977. The van der Waals surface area contributed by atoms with Gasteiger partial charge in [-0.3, -0.25) is 0 Å². The highest BCUT2D eigenvalue weighted by molar-refractivity contribution is 5.28. The van der Waals surface area contributed by atoms with Crippen LogP contribution in [0.5, 0.6) is 0 Å². The Morgan fingerprint density at radius 2 is 2.21 bits per heavy atom. The molecular weight excluding hydrogens is 180 g/mol. The van der Waals surface area contributed by atoms with Crippen LogP contribution in [0.3, 0.4) is 0 Å². The number of hydrogen-bond acceptors (Lipinski definition) is 3. The summed E-state index contributed by atoms with van der Waals surface area (Å²) in [4.78, 5) is 0. The van der Waals surface area contributed by atoms with Crippen LogP contribution in [-0.4, -0.2) is 34.1 Å². The maximum Gasteiger partial charge on any atom is 0.154 e. The molecule has 1 aliphatic carbocycles. The molecule has 0 aromatic carbocycles. The number of hydrogen-bond donors (Lipinski definition) is 2. The van der Waals surface area contributed by atoms with E-state index < -0.39 is 11.2 Å². The molecule has 3 nitrogen and oxygen atoms in total. The highest BCUT2D eigenvalue weighted by Gasteiger charge is 2.51. The first-order valence-electron chi connectivity index (χ1n) is 5.03. The lowest BCUT2D eigenvalue weighted by Crippen LogP contribution is -2.25. The third kappa shape index (κ3) is 1.78. The minimum absolute atomic E-state index is 0.00322. The van der Waals surface area contributed by atoms with Crippen molar-refractivity contribution in [2.45, 2.75) is 44.0 Å². The molecule has 2 rings (SSSR count). The molecule has 3 atom stereocenters. The molecule has 1 saturated carbocycles. The fourth-order valence-corrected chi connectivity index (χ4v) is 1.58. The van der Waals surface area contributed by atoms with Crippen LogP contribution in [-0.2, 0) is 4.74 Å². The van der Waals surface area contributed by atoms with Gasteiger partial charge in [0.25, 0.3) is 0 Å². The number of epoxide rings is 1. The van der Waals surface area contributed by atoms with Gasteiger partial charge in [-0.05, 0) is 32.6 Å². The highest BCUT2D eigenvalue weighted by atomic mass is 16.6. The van der Waals surface area contributed by atoms with Gasteiger partial charge in [0, 0.05) is 0 Å². The molecule has 0 bridgehead atoms. The maximum atomic E-state index is 9.91. The van der Waals surface area contributed by atoms with Crippen molar-refractivity contribution in [3.8, 4) is 11.8 Å². The molecule has 0 aromatic rings. The molecule has 1 aliphatic heterocycles. The summed E-state index contributed by atoms with van der Waals surface area (Å²) in [6.07, 6.45) is 1.94. The SMILES string of the molecule is CC(O)(C#C[C@@]1(C)O[C@H]1CO)C1CC1. The second-order valence-corrected chi connectivity index (χ2v) is 4.57. The van der Waals surface area contributed by atoms with Crippen LogP contribution < -0.4 is 0 Å². The van der Waals surface area contributed by atoms with E-state index in [0.717, 1.165) is 12.8 Å². The van der Waals surface area contributed by atoms with Gasteiger partial charge in [-0.2, -0.15) is 0 Å². The largest absolute Gasteiger partial charge is 0.394 e. The van der Waals surface area contributed by atoms with Crippen LogP contribution in [0, 0.1) is 17.8 Å². The summed E-state index contributed by atoms with van der Waals surface area (Å²) < 4.78 is 5.21. The predicted octanol–water partition coefficient (Wildman–Crippen LogP) is 0.301. The quantitative estimate of drug-likeness (QED) is 0.493. The molecule has 1 unspecified atom stereocenters. The Morgan fingerprint density at radius 3 is 2.64 bits per heavy atom. The summed E-state index contributed by atoms with van der Waals surface area (Å²) in [5.41, 5.74) is -1.41. The van der Waals surface area contributed by atoms with Crippen molar-refractivity contribution in [2.24, 2.45) is 5.92 Å². The minimum atomic E-state index is -0.880. The zero-order valence-electron chi connectivity index (χ0n) is 8.58. The predicted molar refractivity (Wildman–Crippen MR) is 51.5 cm³/mol. The fourth-order valence-electron chi connectivity index (χ4n) is 1.58. The zero-order valence-corrected chi connectivity index (χ0v) is 8.58. The van der Waals surface area contributed by atoms with Gasteiger partial charge < -0.3 is 14.9 Å². The van der Waals surface area contributed by atoms with Gasteiger partial charge in [-0.25, -0.2) is 0 Å². The van der Waals surface area contributed by atoms with Crippen LogP contribution in [0.2, 0.25) is 0 Å². The maximum absolute atomic E-state index is 9.91. The Labute approximate surface area is 84.1 Å². The fraction of sp³-hybridized carbons (Fsp3) is 0.818. The topological polar surface area (TPSA) is 53.0 Å². The summed E-state index contributed by atoms with van der Waals surface area (Å²) >= 11 is 0. The van der Waals surface area contributed by atoms with Gasteiger partial charge in [-0.1, -0.05) is 11.8 Å². The molecule has 0 spiro atoms. The van der Waals surface area contributed by atoms with Crippen molar-refractivity contribution in [1.82, 2.24) is 0 Å². The van der Waals surface area contributed by atoms with Gasteiger partial charge in [0.1, 0.15) is 11.7 Å². The summed E-state index contributed by atoms with van der Waals surface area (Å²) in [6, 6.07) is 0. The van der Waals surface area contributed by atoms with E-state index in [1.807, 2.05) is 6.92 Å². The second-order valence-electron chi connectivity index (χ2n) is 4.57. The van der Waals surface area contributed by atoms with E-state index in [9.17, 15) is 5.11 Å². The molecule has 78 valence electrons. The van der Waals surface area contributed by atoms with E-state index in [4.69, 9.17) is 9.84 Å². The van der Waals surface area contributed by atoms with E-state index in [-0.39, 0.29) is 12.7 Å². The molecule has 0 radical (unpaired) electrons. The van der Waals surface area contributed by atoms with Gasteiger partial charge in [0.05, 0.1) is 6.61 Å². The monoisotopic (exact) mass is 196 g/mol. The number of aliphatic hydroxyl groups excluding tert-OH is 1. The summed E-state index contributed by atoms with van der Waals surface area (Å²) in [5.74, 6) is 6.09. The Balaban J connectivity index is 1.99. The molecule has 2 N–H and O–H groups in total. The molecule has 0 amide bonds. The molecule has 0 aromatic heterocycles. The Hall–Kier alpha value is -0.560. The van der Waals surface area contributed by atoms with Gasteiger partial charge >= 0.3 is 0 Å². The number of aliphatic hydroxyl groups is 2. The average Bonchev–Trinajstić information content (AvgIpc) is 2.96. The third-order valence-corrected chi connectivity index (χ3v) is 3.05. The van der Waals surface area contributed by atoms with Gasteiger partial charge in [0.2, 0.25) is 0 Å². The first kappa shape index (κ1) is 9.97. The van der Waals surface area contributed by atoms with Crippen LogP contribution >= 0.6 is 0 Å². The van der Waals surface area contributed by atoms with Crippen molar-refractivity contribution >= 4 is 0 Å². The smallest absolute Gasteiger partial charge is 0.154 e. The molecule has 14 heavy (non-hydrogen) atoms. The van der Waals surface area contributed by atoms with E-state index in [0.29, 0.717) is 5.92 Å². The minimum Gasteiger partial charge on any atom is -0.394 e. The molecule has 2 aliphatic rings. The van der Waals surface area contributed by atoms with Crippen LogP contribution in [0.25, 0.3) is 0 Å². The van der Waals surface area contributed by atoms with E-state index >= 15 is 0 Å². The molecule has 2 fully saturated rings. The van der Waals surface area contributed by atoms with Gasteiger partial charge in [-0.15, -0.1) is 0 Å². The first-order valence-corrected chi connectivity index (χ1v) is 5.03. The van der Waals surface area contributed by atoms with Crippen LogP contribution in [0.15, 0.2) is 0 Å². The normalized spacial score (nSPS) is 39.6. The van der Waals surface area contributed by atoms with Crippen molar-refractivity contribution in [3.63, 3.8) is 0 Å². The number of ether oxygens (including phenoxy) is 1.